The first-order valence-electron chi connectivity index (χ1n) is 6.20. The molecule has 92 valence electrons. The lowest BCUT2D eigenvalue weighted by atomic mass is 9.99. The van der Waals surface area contributed by atoms with Gasteiger partial charge in [-0.2, -0.15) is 0 Å². The van der Waals surface area contributed by atoms with Gasteiger partial charge in [0.2, 0.25) is 5.91 Å². The smallest absolute Gasteiger partial charge is 0.239 e. The van der Waals surface area contributed by atoms with E-state index < -0.39 is 0 Å². The normalized spacial score (nSPS) is 28.2. The van der Waals surface area contributed by atoms with E-state index in [1.165, 1.54) is 12.8 Å². The highest BCUT2D eigenvalue weighted by molar-refractivity contribution is 5.82. The lowest BCUT2D eigenvalue weighted by Crippen LogP contribution is -2.50. The van der Waals surface area contributed by atoms with Crippen LogP contribution in [0.4, 0.5) is 0 Å². The van der Waals surface area contributed by atoms with Crippen LogP contribution in [0.5, 0.6) is 0 Å². The average molecular weight is 226 g/mol. The largest absolute Gasteiger partial charge is 0.385 e. The van der Waals surface area contributed by atoms with Gasteiger partial charge in [0.05, 0.1) is 6.04 Å². The molecule has 0 aromatic rings. The molecule has 1 aliphatic heterocycles. The van der Waals surface area contributed by atoms with Gasteiger partial charge < -0.3 is 15.4 Å². The monoisotopic (exact) mass is 226 g/mol. The maximum absolute atomic E-state index is 11.9. The Labute approximate surface area is 97.1 Å². The molecule has 16 heavy (non-hydrogen) atoms. The van der Waals surface area contributed by atoms with Gasteiger partial charge in [0.1, 0.15) is 0 Å². The summed E-state index contributed by atoms with van der Waals surface area (Å²) in [5.74, 6) is 0.148. The van der Waals surface area contributed by atoms with Crippen molar-refractivity contribution in [3.63, 3.8) is 0 Å². The molecule has 2 aliphatic rings. The van der Waals surface area contributed by atoms with Crippen molar-refractivity contribution in [2.24, 2.45) is 11.1 Å². The molecule has 1 aliphatic carbocycles. The fourth-order valence-corrected chi connectivity index (χ4v) is 2.51. The van der Waals surface area contributed by atoms with Crippen LogP contribution in [0.25, 0.3) is 0 Å². The van der Waals surface area contributed by atoms with E-state index in [1.54, 1.807) is 7.11 Å². The summed E-state index contributed by atoms with van der Waals surface area (Å²) < 4.78 is 5.13. The van der Waals surface area contributed by atoms with Gasteiger partial charge in [0, 0.05) is 26.8 Å². The Morgan fingerprint density at radius 1 is 1.56 bits per heavy atom. The van der Waals surface area contributed by atoms with Gasteiger partial charge in [-0.05, 0) is 37.5 Å². The number of hydrogen-bond donors (Lipinski definition) is 1. The van der Waals surface area contributed by atoms with E-state index in [1.807, 2.05) is 4.90 Å². The summed E-state index contributed by atoms with van der Waals surface area (Å²) in [6.45, 7) is 2.58. The molecule has 1 unspecified atom stereocenters. The van der Waals surface area contributed by atoms with Gasteiger partial charge in [-0.1, -0.05) is 0 Å². The molecular formula is C12H22N2O2. The second-order valence-electron chi connectivity index (χ2n) is 5.25. The number of carbonyl (C=O) groups excluding carboxylic acids is 1. The number of amides is 1. The molecule has 2 N–H and O–H groups in total. The molecule has 0 aromatic carbocycles. The highest BCUT2D eigenvalue weighted by Gasteiger charge is 2.45. The van der Waals surface area contributed by atoms with Crippen LogP contribution < -0.4 is 5.73 Å². The molecule has 0 aromatic heterocycles. The number of piperidine rings is 1. The number of carbonyl (C=O) groups is 1. The molecule has 4 heteroatoms. The van der Waals surface area contributed by atoms with Crippen molar-refractivity contribution in [3.8, 4) is 0 Å². The van der Waals surface area contributed by atoms with E-state index in [-0.39, 0.29) is 11.9 Å². The Bertz CT molecular complexity index is 264. The fourth-order valence-electron chi connectivity index (χ4n) is 2.51. The summed E-state index contributed by atoms with van der Waals surface area (Å²) >= 11 is 0. The molecule has 2 fully saturated rings. The SMILES string of the molecule is COCCC1(CN2CCCC(N)C2=O)CC1. The number of nitrogens with zero attached hydrogens (tertiary/aromatic N) is 1. The van der Waals surface area contributed by atoms with Crippen LogP contribution in [0, 0.1) is 5.41 Å². The molecule has 4 nitrogen and oxygen atoms in total. The number of likely N-dealkylation sites (tertiary alicyclic amines) is 1. The third kappa shape index (κ3) is 2.55. The van der Waals surface area contributed by atoms with Crippen molar-refractivity contribution in [3.05, 3.63) is 0 Å². The molecule has 2 rings (SSSR count). The number of hydrogen-bond acceptors (Lipinski definition) is 3. The second-order valence-corrected chi connectivity index (χ2v) is 5.25. The molecule has 0 spiro atoms. The van der Waals surface area contributed by atoms with Gasteiger partial charge >= 0.3 is 0 Å². The third-order valence-electron chi connectivity index (χ3n) is 3.89. The minimum absolute atomic E-state index is 0.148. The van der Waals surface area contributed by atoms with E-state index >= 15 is 0 Å². The van der Waals surface area contributed by atoms with Crippen molar-refractivity contribution < 1.29 is 9.53 Å². The Morgan fingerprint density at radius 2 is 2.31 bits per heavy atom. The molecule has 0 bridgehead atoms. The van der Waals surface area contributed by atoms with E-state index in [2.05, 4.69) is 0 Å². The van der Waals surface area contributed by atoms with E-state index in [9.17, 15) is 4.79 Å². The van der Waals surface area contributed by atoms with Crippen molar-refractivity contribution in [1.29, 1.82) is 0 Å². The first-order chi connectivity index (χ1) is 7.67. The van der Waals surface area contributed by atoms with Gasteiger partial charge in [0.25, 0.3) is 0 Å². The second kappa shape index (κ2) is 4.72. The topological polar surface area (TPSA) is 55.6 Å². The standard InChI is InChI=1S/C12H22N2O2/c1-16-8-6-12(4-5-12)9-14-7-2-3-10(13)11(14)15/h10H,2-9,13H2,1H3. The predicted molar refractivity (Wildman–Crippen MR) is 61.9 cm³/mol. The Kier molecular flexibility index (Phi) is 3.50. The van der Waals surface area contributed by atoms with Crippen molar-refractivity contribution in [2.75, 3.05) is 26.8 Å². The van der Waals surface area contributed by atoms with Gasteiger partial charge in [-0.15, -0.1) is 0 Å². The van der Waals surface area contributed by atoms with Gasteiger partial charge in [-0.3, -0.25) is 4.79 Å². The zero-order chi connectivity index (χ0) is 11.6. The lowest BCUT2D eigenvalue weighted by molar-refractivity contribution is -0.135. The maximum atomic E-state index is 11.9. The quantitative estimate of drug-likeness (QED) is 0.752. The molecule has 1 saturated heterocycles. The number of methoxy groups -OCH3 is 1. The maximum Gasteiger partial charge on any atom is 0.239 e. The summed E-state index contributed by atoms with van der Waals surface area (Å²) in [5, 5.41) is 0. The zero-order valence-corrected chi connectivity index (χ0v) is 10.1. The summed E-state index contributed by atoms with van der Waals surface area (Å²) in [5.41, 5.74) is 6.14. The predicted octanol–water partition coefficient (Wildman–Crippen LogP) is 0.753. The Morgan fingerprint density at radius 3 is 2.94 bits per heavy atom. The zero-order valence-electron chi connectivity index (χ0n) is 10.1. The minimum atomic E-state index is -0.257. The lowest BCUT2D eigenvalue weighted by Gasteiger charge is -2.33. The molecule has 1 saturated carbocycles. The van der Waals surface area contributed by atoms with Crippen LogP contribution >= 0.6 is 0 Å². The molecule has 1 amide bonds. The number of nitrogens with two attached hydrogens (primary N) is 1. The first kappa shape index (κ1) is 11.9. The number of ether oxygens (including phenoxy) is 1. The van der Waals surface area contributed by atoms with Crippen LogP contribution in [0.3, 0.4) is 0 Å². The van der Waals surface area contributed by atoms with E-state index in [0.717, 1.165) is 39.0 Å². The molecule has 1 atom stereocenters. The van der Waals surface area contributed by atoms with E-state index in [0.29, 0.717) is 5.41 Å². The van der Waals surface area contributed by atoms with Crippen molar-refractivity contribution >= 4 is 5.91 Å². The highest BCUT2D eigenvalue weighted by Crippen LogP contribution is 2.49. The minimum Gasteiger partial charge on any atom is -0.385 e. The molecule has 1 heterocycles. The Hall–Kier alpha value is -0.610. The number of rotatable bonds is 5. The van der Waals surface area contributed by atoms with Crippen LogP contribution in [-0.4, -0.2) is 43.7 Å². The van der Waals surface area contributed by atoms with Crippen LogP contribution in [0.15, 0.2) is 0 Å². The van der Waals surface area contributed by atoms with Crippen molar-refractivity contribution in [1.82, 2.24) is 4.90 Å². The summed E-state index contributed by atoms with van der Waals surface area (Å²) in [6.07, 6.45) is 5.43. The van der Waals surface area contributed by atoms with Crippen LogP contribution in [0.1, 0.15) is 32.1 Å². The molecular weight excluding hydrogens is 204 g/mol. The summed E-state index contributed by atoms with van der Waals surface area (Å²) in [4.78, 5) is 13.8. The summed E-state index contributed by atoms with van der Waals surface area (Å²) in [6, 6.07) is -0.257. The highest BCUT2D eigenvalue weighted by atomic mass is 16.5. The van der Waals surface area contributed by atoms with Gasteiger partial charge in [0.15, 0.2) is 0 Å². The Balaban J connectivity index is 1.86. The summed E-state index contributed by atoms with van der Waals surface area (Å²) in [7, 11) is 1.73. The van der Waals surface area contributed by atoms with E-state index in [4.69, 9.17) is 10.5 Å². The van der Waals surface area contributed by atoms with Gasteiger partial charge in [-0.25, -0.2) is 0 Å². The fraction of sp³-hybridized carbons (Fsp3) is 0.917. The molecule has 0 radical (unpaired) electrons. The van der Waals surface area contributed by atoms with Crippen LogP contribution in [0.2, 0.25) is 0 Å². The van der Waals surface area contributed by atoms with Crippen LogP contribution in [-0.2, 0) is 9.53 Å². The third-order valence-corrected chi connectivity index (χ3v) is 3.89. The first-order valence-corrected chi connectivity index (χ1v) is 6.20. The van der Waals surface area contributed by atoms with Crippen molar-refractivity contribution in [2.45, 2.75) is 38.1 Å². The average Bonchev–Trinajstić information content (AvgIpc) is 3.03.